The Hall–Kier alpha value is -3.32. The van der Waals surface area contributed by atoms with Gasteiger partial charge in [-0.1, -0.05) is 44.2 Å². The fourth-order valence-corrected chi connectivity index (χ4v) is 3.96. The maximum Gasteiger partial charge on any atom is 0.295 e. The summed E-state index contributed by atoms with van der Waals surface area (Å²) in [4.78, 5) is 29.9. The lowest BCUT2D eigenvalue weighted by Crippen LogP contribution is -2.35. The molecular formula is C28H36N2O5. The van der Waals surface area contributed by atoms with Crippen molar-refractivity contribution < 1.29 is 24.2 Å². The number of likely N-dealkylation sites (N-methyl/N-ethyl adjacent to an activating group) is 1. The lowest BCUT2D eigenvalue weighted by molar-refractivity contribution is -0.140. The first-order valence-corrected chi connectivity index (χ1v) is 12.0. The molecule has 0 radical (unpaired) electrons. The summed E-state index contributed by atoms with van der Waals surface area (Å²) < 4.78 is 11.8. The van der Waals surface area contributed by atoms with E-state index >= 15 is 0 Å². The number of ketones is 1. The van der Waals surface area contributed by atoms with Crippen molar-refractivity contribution in [1.29, 1.82) is 0 Å². The first-order chi connectivity index (χ1) is 16.6. The van der Waals surface area contributed by atoms with E-state index in [2.05, 4.69) is 13.8 Å². The highest BCUT2D eigenvalue weighted by molar-refractivity contribution is 6.46. The third-order valence-electron chi connectivity index (χ3n) is 5.60. The molecule has 35 heavy (non-hydrogen) atoms. The third kappa shape index (κ3) is 6.22. The molecule has 1 aliphatic heterocycles. The standard InChI is InChI=1S/C28H36N2O5/c1-18(2)17-34-21-11-9-10-20(16-21)26(31)24-25(22-12-7-8-13-23(22)35-19(3)4)30(15-14-29(5)6)28(33)27(24)32/h7-13,16,18-19,25,31H,14-15,17H2,1-6H3/b26-24-. The van der Waals surface area contributed by atoms with Gasteiger partial charge < -0.3 is 24.4 Å². The summed E-state index contributed by atoms with van der Waals surface area (Å²) in [6.45, 7) is 9.36. The number of carbonyl (C=O) groups excluding carboxylic acids is 2. The van der Waals surface area contributed by atoms with Gasteiger partial charge in [0.1, 0.15) is 17.3 Å². The van der Waals surface area contributed by atoms with Crippen molar-refractivity contribution in [1.82, 2.24) is 9.80 Å². The van der Waals surface area contributed by atoms with Gasteiger partial charge in [0.15, 0.2) is 0 Å². The van der Waals surface area contributed by atoms with Gasteiger partial charge in [0.2, 0.25) is 0 Å². The van der Waals surface area contributed by atoms with Crippen molar-refractivity contribution in [2.75, 3.05) is 33.8 Å². The second kappa shape index (κ2) is 11.4. The zero-order chi connectivity index (χ0) is 25.7. The molecule has 1 heterocycles. The van der Waals surface area contributed by atoms with Gasteiger partial charge in [-0.25, -0.2) is 0 Å². The minimum Gasteiger partial charge on any atom is -0.507 e. The molecule has 188 valence electrons. The lowest BCUT2D eigenvalue weighted by Gasteiger charge is -2.28. The van der Waals surface area contributed by atoms with E-state index in [1.165, 1.54) is 4.90 Å². The zero-order valence-electron chi connectivity index (χ0n) is 21.4. The normalized spacial score (nSPS) is 17.6. The molecule has 7 nitrogen and oxygen atoms in total. The topological polar surface area (TPSA) is 79.3 Å². The average molecular weight is 481 g/mol. The Bertz CT molecular complexity index is 1090. The molecule has 1 N–H and O–H groups in total. The van der Waals surface area contributed by atoms with Gasteiger partial charge in [-0.15, -0.1) is 0 Å². The number of Topliss-reactive ketones (excluding diaryl/α,β-unsaturated/α-hetero) is 1. The van der Waals surface area contributed by atoms with Gasteiger partial charge in [0.05, 0.1) is 24.3 Å². The lowest BCUT2D eigenvalue weighted by atomic mass is 9.94. The number of nitrogens with zero attached hydrogens (tertiary/aromatic N) is 2. The predicted molar refractivity (Wildman–Crippen MR) is 137 cm³/mol. The highest BCUT2D eigenvalue weighted by atomic mass is 16.5. The third-order valence-corrected chi connectivity index (χ3v) is 5.60. The van der Waals surface area contributed by atoms with Crippen LogP contribution in [0.15, 0.2) is 54.1 Å². The quantitative estimate of drug-likeness (QED) is 0.307. The Morgan fingerprint density at radius 3 is 2.43 bits per heavy atom. The van der Waals surface area contributed by atoms with E-state index in [-0.39, 0.29) is 17.4 Å². The van der Waals surface area contributed by atoms with Crippen LogP contribution in [0.1, 0.15) is 44.9 Å². The van der Waals surface area contributed by atoms with E-state index < -0.39 is 17.7 Å². The molecule has 0 aliphatic carbocycles. The number of carbonyl (C=O) groups is 2. The van der Waals surface area contributed by atoms with Gasteiger partial charge in [-0.05, 0) is 52.1 Å². The van der Waals surface area contributed by atoms with Crippen molar-refractivity contribution in [3.8, 4) is 11.5 Å². The number of likely N-dealkylation sites (tertiary alicyclic amines) is 1. The van der Waals surface area contributed by atoms with Crippen molar-refractivity contribution in [2.24, 2.45) is 5.92 Å². The Labute approximate surface area is 207 Å². The number of rotatable bonds is 10. The van der Waals surface area contributed by atoms with Crippen LogP contribution in [0.2, 0.25) is 0 Å². The van der Waals surface area contributed by atoms with Gasteiger partial charge in [0, 0.05) is 24.2 Å². The molecule has 1 unspecified atom stereocenters. The SMILES string of the molecule is CC(C)COc1cccc(/C(O)=C2/C(=O)C(=O)N(CCN(C)C)C2c2ccccc2OC(C)C)c1. The first-order valence-electron chi connectivity index (χ1n) is 12.0. The van der Waals surface area contributed by atoms with Crippen molar-refractivity contribution in [2.45, 2.75) is 39.8 Å². The predicted octanol–water partition coefficient (Wildman–Crippen LogP) is 4.49. The van der Waals surface area contributed by atoms with Crippen LogP contribution in [-0.2, 0) is 9.59 Å². The Balaban J connectivity index is 2.14. The molecule has 1 fully saturated rings. The molecule has 7 heteroatoms. The van der Waals surface area contributed by atoms with Gasteiger partial charge in [-0.2, -0.15) is 0 Å². The number of ether oxygens (including phenoxy) is 2. The van der Waals surface area contributed by atoms with E-state index in [1.807, 2.05) is 57.1 Å². The second-order valence-corrected chi connectivity index (χ2v) is 9.73. The molecule has 0 bridgehead atoms. The monoisotopic (exact) mass is 480 g/mol. The fraction of sp³-hybridized carbons (Fsp3) is 0.429. The highest BCUT2D eigenvalue weighted by Gasteiger charge is 2.47. The summed E-state index contributed by atoms with van der Waals surface area (Å²) in [7, 11) is 3.81. The van der Waals surface area contributed by atoms with Crippen LogP contribution in [0.3, 0.4) is 0 Å². The smallest absolute Gasteiger partial charge is 0.295 e. The molecule has 0 saturated carbocycles. The summed E-state index contributed by atoms with van der Waals surface area (Å²) in [6.07, 6.45) is -0.102. The number of benzene rings is 2. The minimum absolute atomic E-state index is 0.0505. The van der Waals surface area contributed by atoms with Crippen LogP contribution in [-0.4, -0.2) is 66.5 Å². The van der Waals surface area contributed by atoms with Crippen molar-refractivity contribution in [3.63, 3.8) is 0 Å². The van der Waals surface area contributed by atoms with E-state index in [0.717, 1.165) is 0 Å². The molecule has 0 aromatic heterocycles. The van der Waals surface area contributed by atoms with Crippen LogP contribution in [0.5, 0.6) is 11.5 Å². The van der Waals surface area contributed by atoms with Gasteiger partial charge >= 0.3 is 0 Å². The Kier molecular flexibility index (Phi) is 8.57. The van der Waals surface area contributed by atoms with E-state index in [9.17, 15) is 14.7 Å². The number of amides is 1. The number of aliphatic hydroxyl groups is 1. The molecule has 2 aromatic carbocycles. The van der Waals surface area contributed by atoms with Crippen LogP contribution in [0.4, 0.5) is 0 Å². The molecule has 1 amide bonds. The van der Waals surface area contributed by atoms with Crippen LogP contribution in [0, 0.1) is 5.92 Å². The molecule has 3 rings (SSSR count). The fourth-order valence-electron chi connectivity index (χ4n) is 3.96. The van der Waals surface area contributed by atoms with Crippen LogP contribution >= 0.6 is 0 Å². The molecule has 1 atom stereocenters. The van der Waals surface area contributed by atoms with Crippen LogP contribution in [0.25, 0.3) is 5.76 Å². The molecule has 1 aliphatic rings. The molecule has 2 aromatic rings. The van der Waals surface area contributed by atoms with Crippen LogP contribution < -0.4 is 9.47 Å². The zero-order valence-corrected chi connectivity index (χ0v) is 21.4. The summed E-state index contributed by atoms with van der Waals surface area (Å²) in [5.41, 5.74) is 1.13. The number of para-hydroxylation sites is 1. The van der Waals surface area contributed by atoms with Gasteiger partial charge in [0.25, 0.3) is 11.7 Å². The maximum atomic E-state index is 13.3. The highest BCUT2D eigenvalue weighted by Crippen LogP contribution is 2.43. The largest absolute Gasteiger partial charge is 0.507 e. The van der Waals surface area contributed by atoms with Gasteiger partial charge in [-0.3, -0.25) is 9.59 Å². The summed E-state index contributed by atoms with van der Waals surface area (Å²) in [5, 5.41) is 11.4. The van der Waals surface area contributed by atoms with E-state index in [1.54, 1.807) is 24.3 Å². The molecular weight excluding hydrogens is 444 g/mol. The number of aliphatic hydroxyl groups excluding tert-OH is 1. The minimum atomic E-state index is -0.773. The summed E-state index contributed by atoms with van der Waals surface area (Å²) in [5.74, 6) is -0.0697. The second-order valence-electron chi connectivity index (χ2n) is 9.73. The Morgan fingerprint density at radius 1 is 1.06 bits per heavy atom. The Morgan fingerprint density at radius 2 is 1.77 bits per heavy atom. The number of hydrogen-bond donors (Lipinski definition) is 1. The van der Waals surface area contributed by atoms with E-state index in [4.69, 9.17) is 9.47 Å². The maximum absolute atomic E-state index is 13.3. The average Bonchev–Trinajstić information content (AvgIpc) is 3.05. The van der Waals surface area contributed by atoms with Crippen molar-refractivity contribution in [3.05, 3.63) is 65.2 Å². The van der Waals surface area contributed by atoms with Crippen molar-refractivity contribution >= 4 is 17.4 Å². The summed E-state index contributed by atoms with van der Waals surface area (Å²) >= 11 is 0. The van der Waals surface area contributed by atoms with E-state index in [0.29, 0.717) is 48.2 Å². The summed E-state index contributed by atoms with van der Waals surface area (Å²) in [6, 6.07) is 13.5. The molecule has 1 saturated heterocycles. The first kappa shape index (κ1) is 26.3. The number of hydrogen-bond acceptors (Lipinski definition) is 6. The molecule has 0 spiro atoms.